The number of nitrogens with zero attached hydrogens (tertiary/aromatic N) is 1. The lowest BCUT2D eigenvalue weighted by molar-refractivity contribution is -0.00530. The third kappa shape index (κ3) is 3.41. The predicted octanol–water partition coefficient (Wildman–Crippen LogP) is 1.93. The van der Waals surface area contributed by atoms with Crippen molar-refractivity contribution in [2.45, 2.75) is 13.0 Å². The van der Waals surface area contributed by atoms with E-state index in [4.69, 9.17) is 9.47 Å². The van der Waals surface area contributed by atoms with Crippen LogP contribution in [0.3, 0.4) is 0 Å². The Labute approximate surface area is 101 Å². The first-order valence-corrected chi connectivity index (χ1v) is 5.96. The predicted molar refractivity (Wildman–Crippen MR) is 63.7 cm³/mol. The molecule has 0 bridgehead atoms. The van der Waals surface area contributed by atoms with Crippen LogP contribution in [0.1, 0.15) is 6.92 Å². The second kappa shape index (κ2) is 5.98. The Hall–Kier alpha value is -1.13. The minimum Gasteiger partial charge on any atom is -0.489 e. The van der Waals surface area contributed by atoms with Crippen molar-refractivity contribution in [1.29, 1.82) is 0 Å². The van der Waals surface area contributed by atoms with E-state index in [-0.39, 0.29) is 5.82 Å². The van der Waals surface area contributed by atoms with Crippen LogP contribution in [0, 0.1) is 5.82 Å². The summed E-state index contributed by atoms with van der Waals surface area (Å²) in [6.07, 6.45) is 0. The molecule has 1 aliphatic rings. The number of ether oxygens (including phenoxy) is 2. The summed E-state index contributed by atoms with van der Waals surface area (Å²) in [5.74, 6) is 0.0240. The number of hydrogen-bond acceptors (Lipinski definition) is 3. The molecule has 1 aliphatic heterocycles. The lowest BCUT2D eigenvalue weighted by Crippen LogP contribution is -2.45. The zero-order valence-electron chi connectivity index (χ0n) is 10.1. The van der Waals surface area contributed by atoms with Gasteiger partial charge in [-0.1, -0.05) is 12.1 Å². The SMILES string of the molecule is C[C@@H]1COCCN1CCOc1ccccc1F. The summed E-state index contributed by atoms with van der Waals surface area (Å²) in [6, 6.07) is 6.90. The molecule has 94 valence electrons. The van der Waals surface area contributed by atoms with Crippen LogP contribution in [0.25, 0.3) is 0 Å². The Kier molecular flexibility index (Phi) is 4.34. The van der Waals surface area contributed by atoms with Crippen molar-refractivity contribution >= 4 is 0 Å². The fourth-order valence-corrected chi connectivity index (χ4v) is 1.93. The molecule has 1 fully saturated rings. The van der Waals surface area contributed by atoms with Gasteiger partial charge in [-0.05, 0) is 19.1 Å². The van der Waals surface area contributed by atoms with Crippen molar-refractivity contribution in [3.8, 4) is 5.75 Å². The molecule has 0 N–H and O–H groups in total. The largest absolute Gasteiger partial charge is 0.489 e. The monoisotopic (exact) mass is 239 g/mol. The van der Waals surface area contributed by atoms with Gasteiger partial charge in [-0.3, -0.25) is 4.90 Å². The maximum atomic E-state index is 13.3. The maximum absolute atomic E-state index is 13.3. The second-order valence-electron chi connectivity index (χ2n) is 4.24. The smallest absolute Gasteiger partial charge is 0.165 e. The quantitative estimate of drug-likeness (QED) is 0.801. The van der Waals surface area contributed by atoms with Crippen LogP contribution in [0.15, 0.2) is 24.3 Å². The number of halogens is 1. The van der Waals surface area contributed by atoms with Crippen molar-refractivity contribution in [2.75, 3.05) is 32.9 Å². The highest BCUT2D eigenvalue weighted by Gasteiger charge is 2.18. The molecular weight excluding hydrogens is 221 g/mol. The standard InChI is InChI=1S/C13H18FNO2/c1-11-10-16-8-6-15(11)7-9-17-13-5-3-2-4-12(13)14/h2-5,11H,6-10H2,1H3/t11-/m1/s1. The molecule has 0 aliphatic carbocycles. The number of morpholine rings is 1. The number of hydrogen-bond donors (Lipinski definition) is 0. The molecule has 0 unspecified atom stereocenters. The summed E-state index contributed by atoms with van der Waals surface area (Å²) < 4.78 is 24.1. The fraction of sp³-hybridized carbons (Fsp3) is 0.538. The Morgan fingerprint density at radius 1 is 1.47 bits per heavy atom. The summed E-state index contributed by atoms with van der Waals surface area (Å²) in [4.78, 5) is 2.30. The highest BCUT2D eigenvalue weighted by atomic mass is 19.1. The van der Waals surface area contributed by atoms with E-state index in [1.807, 2.05) is 0 Å². The van der Waals surface area contributed by atoms with Gasteiger partial charge in [0.15, 0.2) is 11.6 Å². The van der Waals surface area contributed by atoms with Gasteiger partial charge in [0.2, 0.25) is 0 Å². The average Bonchev–Trinajstić information content (AvgIpc) is 2.34. The number of benzene rings is 1. The first kappa shape index (κ1) is 12.3. The van der Waals surface area contributed by atoms with E-state index < -0.39 is 0 Å². The summed E-state index contributed by atoms with van der Waals surface area (Å²) in [7, 11) is 0. The van der Waals surface area contributed by atoms with E-state index in [1.165, 1.54) is 6.07 Å². The van der Waals surface area contributed by atoms with E-state index in [2.05, 4.69) is 11.8 Å². The maximum Gasteiger partial charge on any atom is 0.165 e. The first-order valence-electron chi connectivity index (χ1n) is 5.96. The summed E-state index contributed by atoms with van der Waals surface area (Å²) >= 11 is 0. The molecule has 2 rings (SSSR count). The third-order valence-electron chi connectivity index (χ3n) is 2.98. The molecule has 0 amide bonds. The van der Waals surface area contributed by atoms with Gasteiger partial charge in [0, 0.05) is 19.1 Å². The number of rotatable bonds is 4. The van der Waals surface area contributed by atoms with Gasteiger partial charge in [-0.15, -0.1) is 0 Å². The average molecular weight is 239 g/mol. The van der Waals surface area contributed by atoms with Gasteiger partial charge in [0.25, 0.3) is 0 Å². The lowest BCUT2D eigenvalue weighted by atomic mass is 10.2. The van der Waals surface area contributed by atoms with Crippen LogP contribution >= 0.6 is 0 Å². The normalized spacial score (nSPS) is 21.4. The molecule has 0 spiro atoms. The zero-order valence-corrected chi connectivity index (χ0v) is 10.1. The van der Waals surface area contributed by atoms with Crippen LogP contribution in [-0.4, -0.2) is 43.9 Å². The van der Waals surface area contributed by atoms with Crippen LogP contribution in [0.5, 0.6) is 5.75 Å². The summed E-state index contributed by atoms with van der Waals surface area (Å²) in [6.45, 7) is 5.89. The van der Waals surface area contributed by atoms with Gasteiger partial charge in [0.05, 0.1) is 13.2 Å². The van der Waals surface area contributed by atoms with E-state index in [9.17, 15) is 4.39 Å². The Morgan fingerprint density at radius 2 is 2.29 bits per heavy atom. The van der Waals surface area contributed by atoms with Gasteiger partial charge in [0.1, 0.15) is 6.61 Å². The van der Waals surface area contributed by atoms with Crippen LogP contribution in [-0.2, 0) is 4.74 Å². The van der Waals surface area contributed by atoms with Gasteiger partial charge in [-0.25, -0.2) is 4.39 Å². The van der Waals surface area contributed by atoms with E-state index in [0.717, 1.165) is 26.3 Å². The van der Waals surface area contributed by atoms with Crippen molar-refractivity contribution in [3.05, 3.63) is 30.1 Å². The van der Waals surface area contributed by atoms with Gasteiger partial charge >= 0.3 is 0 Å². The molecule has 17 heavy (non-hydrogen) atoms. The third-order valence-corrected chi connectivity index (χ3v) is 2.98. The second-order valence-corrected chi connectivity index (χ2v) is 4.24. The summed E-state index contributed by atoms with van der Waals surface area (Å²) in [5.41, 5.74) is 0. The molecule has 1 aromatic carbocycles. The van der Waals surface area contributed by atoms with Crippen LogP contribution in [0.4, 0.5) is 4.39 Å². The highest BCUT2D eigenvalue weighted by Crippen LogP contribution is 2.15. The summed E-state index contributed by atoms with van der Waals surface area (Å²) in [5, 5.41) is 0. The van der Waals surface area contributed by atoms with Crippen LogP contribution in [0.2, 0.25) is 0 Å². The Bertz CT molecular complexity index is 359. The van der Waals surface area contributed by atoms with Gasteiger partial charge in [-0.2, -0.15) is 0 Å². The van der Waals surface area contributed by atoms with E-state index in [0.29, 0.717) is 18.4 Å². The first-order chi connectivity index (χ1) is 8.27. The molecule has 0 saturated carbocycles. The van der Waals surface area contributed by atoms with Crippen molar-refractivity contribution in [3.63, 3.8) is 0 Å². The number of para-hydroxylation sites is 1. The zero-order chi connectivity index (χ0) is 12.1. The van der Waals surface area contributed by atoms with Gasteiger partial charge < -0.3 is 9.47 Å². The molecule has 1 heterocycles. The minimum absolute atomic E-state index is 0.303. The minimum atomic E-state index is -0.303. The topological polar surface area (TPSA) is 21.7 Å². The molecular formula is C13H18FNO2. The van der Waals surface area contributed by atoms with Crippen molar-refractivity contribution in [2.24, 2.45) is 0 Å². The Balaban J connectivity index is 1.77. The van der Waals surface area contributed by atoms with Crippen molar-refractivity contribution < 1.29 is 13.9 Å². The van der Waals surface area contributed by atoms with E-state index >= 15 is 0 Å². The van der Waals surface area contributed by atoms with E-state index in [1.54, 1.807) is 18.2 Å². The molecule has 3 nitrogen and oxygen atoms in total. The molecule has 4 heteroatoms. The highest BCUT2D eigenvalue weighted by molar-refractivity contribution is 5.23. The fourth-order valence-electron chi connectivity index (χ4n) is 1.93. The van der Waals surface area contributed by atoms with Crippen molar-refractivity contribution in [1.82, 2.24) is 4.90 Å². The molecule has 1 atom stereocenters. The lowest BCUT2D eigenvalue weighted by Gasteiger charge is -2.32. The molecule has 1 saturated heterocycles. The Morgan fingerprint density at radius 3 is 3.06 bits per heavy atom. The molecule has 1 aromatic rings. The molecule has 0 aromatic heterocycles. The van der Waals surface area contributed by atoms with Crippen LogP contribution < -0.4 is 4.74 Å². The molecule has 0 radical (unpaired) electrons.